The van der Waals surface area contributed by atoms with Gasteiger partial charge >= 0.3 is 5.97 Å². The maximum absolute atomic E-state index is 13.6. The first-order valence-corrected chi connectivity index (χ1v) is 10.7. The summed E-state index contributed by atoms with van der Waals surface area (Å²) in [6, 6.07) is 9.00. The average Bonchev–Trinajstić information content (AvgIpc) is 3.18. The van der Waals surface area contributed by atoms with Gasteiger partial charge in [0.1, 0.15) is 11.2 Å². The molecule has 2 aromatic rings. The number of nitrogens with one attached hydrogen (secondary N) is 1. The Kier molecular flexibility index (Phi) is 6.98. The molecule has 1 aromatic carbocycles. The molecule has 0 fully saturated rings. The zero-order valence-corrected chi connectivity index (χ0v) is 19.2. The first kappa shape index (κ1) is 23.5. The molecule has 1 aliphatic heterocycles. The fraction of sp³-hybridized carbons (Fsp3) is 0.478. The number of hydrogen-bond acceptors (Lipinski definition) is 6. The maximum Gasteiger partial charge on any atom is 0.358 e. The molecule has 2 heterocycles. The summed E-state index contributed by atoms with van der Waals surface area (Å²) >= 11 is 0. The number of benzene rings is 1. The molecule has 3 rings (SSSR count). The standard InChI is InChI=1S/C23H30N4O5/c1-6-32-21(29)18-13-19-20(28)27(17-9-7-16(8-10-17)15(2)3)23(4,14-26(19)25-18)22(30)24-11-12-31-5/h7-10,13,15H,6,11-12,14H2,1-5H3,(H,24,30). The molecule has 1 unspecified atom stereocenters. The fourth-order valence-corrected chi connectivity index (χ4v) is 3.76. The molecule has 0 radical (unpaired) electrons. The van der Waals surface area contributed by atoms with Crippen molar-refractivity contribution in [2.45, 2.75) is 45.7 Å². The van der Waals surface area contributed by atoms with Crippen LogP contribution in [0.1, 0.15) is 60.2 Å². The van der Waals surface area contributed by atoms with Crippen LogP contribution in [0.4, 0.5) is 5.69 Å². The van der Waals surface area contributed by atoms with Crippen LogP contribution in [0, 0.1) is 0 Å². The van der Waals surface area contributed by atoms with Gasteiger partial charge in [0.25, 0.3) is 5.91 Å². The lowest BCUT2D eigenvalue weighted by atomic mass is 9.93. The van der Waals surface area contributed by atoms with Crippen molar-refractivity contribution in [1.82, 2.24) is 15.1 Å². The summed E-state index contributed by atoms with van der Waals surface area (Å²) in [7, 11) is 1.55. The molecule has 1 N–H and O–H groups in total. The number of anilines is 1. The van der Waals surface area contributed by atoms with Gasteiger partial charge < -0.3 is 14.8 Å². The summed E-state index contributed by atoms with van der Waals surface area (Å²) in [5, 5.41) is 7.08. The number of amides is 2. The quantitative estimate of drug-likeness (QED) is 0.497. The summed E-state index contributed by atoms with van der Waals surface area (Å²) in [6.07, 6.45) is 0. The molecule has 1 aromatic heterocycles. The zero-order chi connectivity index (χ0) is 23.5. The van der Waals surface area contributed by atoms with Crippen molar-refractivity contribution >= 4 is 23.5 Å². The van der Waals surface area contributed by atoms with E-state index in [1.165, 1.54) is 15.6 Å². The van der Waals surface area contributed by atoms with E-state index in [0.717, 1.165) is 5.56 Å². The minimum atomic E-state index is -1.27. The monoisotopic (exact) mass is 442 g/mol. The molecule has 0 bridgehead atoms. The van der Waals surface area contributed by atoms with Crippen LogP contribution in [0.5, 0.6) is 0 Å². The Hall–Kier alpha value is -3.20. The Labute approximate surface area is 187 Å². The summed E-state index contributed by atoms with van der Waals surface area (Å²) in [5.41, 5.74) is 0.709. The normalized spacial score (nSPS) is 17.9. The van der Waals surface area contributed by atoms with E-state index in [-0.39, 0.29) is 30.4 Å². The lowest BCUT2D eigenvalue weighted by molar-refractivity contribution is -0.126. The van der Waals surface area contributed by atoms with Gasteiger partial charge in [-0.05, 0) is 37.5 Å². The van der Waals surface area contributed by atoms with Crippen LogP contribution >= 0.6 is 0 Å². The zero-order valence-electron chi connectivity index (χ0n) is 19.2. The predicted molar refractivity (Wildman–Crippen MR) is 119 cm³/mol. The highest BCUT2D eigenvalue weighted by Gasteiger charge is 2.49. The first-order chi connectivity index (χ1) is 15.2. The summed E-state index contributed by atoms with van der Waals surface area (Å²) < 4.78 is 11.5. The molecule has 9 nitrogen and oxygen atoms in total. The SMILES string of the molecule is CCOC(=O)c1cc2n(n1)CC(C)(C(=O)NCCOC)N(c1ccc(C(C)C)cc1)C2=O. The minimum absolute atomic E-state index is 0.0364. The highest BCUT2D eigenvalue weighted by molar-refractivity contribution is 6.12. The largest absolute Gasteiger partial charge is 0.461 e. The maximum atomic E-state index is 13.6. The van der Waals surface area contributed by atoms with Crippen LogP contribution in [0.2, 0.25) is 0 Å². The smallest absolute Gasteiger partial charge is 0.358 e. The van der Waals surface area contributed by atoms with E-state index >= 15 is 0 Å². The van der Waals surface area contributed by atoms with Crippen molar-refractivity contribution in [2.24, 2.45) is 0 Å². The third-order valence-corrected chi connectivity index (χ3v) is 5.54. The topological polar surface area (TPSA) is 103 Å². The van der Waals surface area contributed by atoms with Crippen LogP contribution in [0.15, 0.2) is 30.3 Å². The molecule has 172 valence electrons. The van der Waals surface area contributed by atoms with Crippen molar-refractivity contribution in [3.63, 3.8) is 0 Å². The predicted octanol–water partition coefficient (Wildman–Crippen LogP) is 2.36. The Morgan fingerprint density at radius 2 is 1.94 bits per heavy atom. The number of carbonyl (C=O) groups excluding carboxylic acids is 3. The number of fused-ring (bicyclic) bond motifs is 1. The Morgan fingerprint density at radius 3 is 2.53 bits per heavy atom. The molecule has 0 spiro atoms. The van der Waals surface area contributed by atoms with Gasteiger partial charge in [-0.25, -0.2) is 4.79 Å². The van der Waals surface area contributed by atoms with E-state index < -0.39 is 17.4 Å². The van der Waals surface area contributed by atoms with E-state index in [4.69, 9.17) is 9.47 Å². The number of methoxy groups -OCH3 is 1. The highest BCUT2D eigenvalue weighted by atomic mass is 16.5. The summed E-state index contributed by atoms with van der Waals surface area (Å²) in [6.45, 7) is 8.49. The van der Waals surface area contributed by atoms with Crippen LogP contribution in [-0.2, 0) is 20.8 Å². The molecule has 0 saturated carbocycles. The molecule has 0 aliphatic carbocycles. The van der Waals surface area contributed by atoms with Crippen molar-refractivity contribution < 1.29 is 23.9 Å². The van der Waals surface area contributed by atoms with Gasteiger partial charge in [-0.3, -0.25) is 19.2 Å². The van der Waals surface area contributed by atoms with Crippen LogP contribution < -0.4 is 10.2 Å². The third-order valence-electron chi connectivity index (χ3n) is 5.54. The number of nitrogens with zero attached hydrogens (tertiary/aromatic N) is 3. The number of rotatable bonds is 8. The lowest BCUT2D eigenvalue weighted by Crippen LogP contribution is -2.64. The average molecular weight is 443 g/mol. The van der Waals surface area contributed by atoms with E-state index in [0.29, 0.717) is 24.8 Å². The van der Waals surface area contributed by atoms with E-state index in [2.05, 4.69) is 24.3 Å². The molecule has 32 heavy (non-hydrogen) atoms. The number of esters is 1. The minimum Gasteiger partial charge on any atom is -0.461 e. The molecule has 1 aliphatic rings. The van der Waals surface area contributed by atoms with Gasteiger partial charge in [-0.1, -0.05) is 26.0 Å². The van der Waals surface area contributed by atoms with Crippen molar-refractivity contribution in [3.05, 3.63) is 47.3 Å². The number of aromatic nitrogens is 2. The van der Waals surface area contributed by atoms with Gasteiger partial charge in [-0.15, -0.1) is 0 Å². The number of hydrogen-bond donors (Lipinski definition) is 1. The van der Waals surface area contributed by atoms with Gasteiger partial charge in [0, 0.05) is 25.4 Å². The second-order valence-corrected chi connectivity index (χ2v) is 8.20. The van der Waals surface area contributed by atoms with Gasteiger partial charge in [-0.2, -0.15) is 5.10 Å². The Balaban J connectivity index is 2.05. The number of ether oxygens (including phenoxy) is 2. The van der Waals surface area contributed by atoms with Crippen molar-refractivity contribution in [3.8, 4) is 0 Å². The number of carbonyl (C=O) groups is 3. The van der Waals surface area contributed by atoms with Crippen LogP contribution in [0.3, 0.4) is 0 Å². The first-order valence-electron chi connectivity index (χ1n) is 10.7. The van der Waals surface area contributed by atoms with E-state index in [1.54, 1.807) is 21.0 Å². The molecule has 2 amide bonds. The molecular weight excluding hydrogens is 412 g/mol. The van der Waals surface area contributed by atoms with Crippen LogP contribution in [0.25, 0.3) is 0 Å². The van der Waals surface area contributed by atoms with E-state index in [9.17, 15) is 14.4 Å². The summed E-state index contributed by atoms with van der Waals surface area (Å²) in [5.74, 6) is -1.03. The second kappa shape index (κ2) is 9.52. The van der Waals surface area contributed by atoms with Crippen molar-refractivity contribution in [2.75, 3.05) is 31.8 Å². The molecule has 1 atom stereocenters. The van der Waals surface area contributed by atoms with Crippen molar-refractivity contribution in [1.29, 1.82) is 0 Å². The van der Waals surface area contributed by atoms with Gasteiger partial charge in [0.15, 0.2) is 5.69 Å². The van der Waals surface area contributed by atoms with E-state index in [1.807, 2.05) is 24.3 Å². The van der Waals surface area contributed by atoms with Gasteiger partial charge in [0.05, 0.1) is 19.8 Å². The summed E-state index contributed by atoms with van der Waals surface area (Å²) in [4.78, 5) is 40.5. The lowest BCUT2D eigenvalue weighted by Gasteiger charge is -2.43. The fourth-order valence-electron chi connectivity index (χ4n) is 3.76. The Bertz CT molecular complexity index is 998. The molecular formula is C23H30N4O5. The Morgan fingerprint density at radius 1 is 1.25 bits per heavy atom. The third kappa shape index (κ3) is 4.38. The highest BCUT2D eigenvalue weighted by Crippen LogP contribution is 2.33. The van der Waals surface area contributed by atoms with Crippen LogP contribution in [-0.4, -0.2) is 60.0 Å². The van der Waals surface area contributed by atoms with Gasteiger partial charge in [0.2, 0.25) is 5.91 Å². The molecule has 0 saturated heterocycles. The second-order valence-electron chi connectivity index (χ2n) is 8.20. The molecule has 9 heteroatoms.